The summed E-state index contributed by atoms with van der Waals surface area (Å²) in [5.41, 5.74) is 1.13. The Bertz CT molecular complexity index is 687. The van der Waals surface area contributed by atoms with Crippen LogP contribution in [0.5, 0.6) is 0 Å². The van der Waals surface area contributed by atoms with E-state index in [9.17, 15) is 8.42 Å². The molecule has 0 aromatic carbocycles. The van der Waals surface area contributed by atoms with Gasteiger partial charge < -0.3 is 5.32 Å². The zero-order chi connectivity index (χ0) is 17.2. The lowest BCUT2D eigenvalue weighted by molar-refractivity contribution is 0.337. The molecule has 0 spiro atoms. The highest BCUT2D eigenvalue weighted by Gasteiger charge is 2.24. The van der Waals surface area contributed by atoms with Crippen LogP contribution in [0.3, 0.4) is 0 Å². The van der Waals surface area contributed by atoms with E-state index in [1.54, 1.807) is 25.2 Å². The first-order chi connectivity index (χ1) is 11.4. The van der Waals surface area contributed by atoms with Crippen LogP contribution in [0.15, 0.2) is 6.08 Å². The van der Waals surface area contributed by atoms with Gasteiger partial charge in [-0.1, -0.05) is 6.08 Å². The lowest BCUT2D eigenvalue weighted by Gasteiger charge is -2.29. The molecule has 0 radical (unpaired) electrons. The molecule has 0 atom stereocenters. The Morgan fingerprint density at radius 3 is 2.71 bits per heavy atom. The third-order valence-corrected chi connectivity index (χ3v) is 7.78. The highest BCUT2D eigenvalue weighted by atomic mass is 32.2. The van der Waals surface area contributed by atoms with Gasteiger partial charge in [-0.05, 0) is 64.4 Å². The monoisotopic (exact) mass is 369 g/mol. The van der Waals surface area contributed by atoms with E-state index >= 15 is 0 Å². The summed E-state index contributed by atoms with van der Waals surface area (Å²) in [5, 5.41) is 4.26. The van der Waals surface area contributed by atoms with Gasteiger partial charge in [-0.25, -0.2) is 18.1 Å². The highest BCUT2D eigenvalue weighted by molar-refractivity contribution is 7.90. The minimum absolute atomic E-state index is 0.361. The van der Waals surface area contributed by atoms with E-state index in [-0.39, 0.29) is 5.25 Å². The zero-order valence-electron chi connectivity index (χ0n) is 14.4. The summed E-state index contributed by atoms with van der Waals surface area (Å²) in [7, 11) is -3.14. The second kappa shape index (κ2) is 7.54. The fourth-order valence-electron chi connectivity index (χ4n) is 3.23. The molecule has 1 aromatic rings. The molecule has 0 amide bonds. The van der Waals surface area contributed by atoms with Crippen molar-refractivity contribution in [3.05, 3.63) is 16.6 Å². The second-order valence-corrected chi connectivity index (χ2v) is 10.5. The highest BCUT2D eigenvalue weighted by Crippen LogP contribution is 2.31. The molecule has 5 nitrogen and oxygen atoms in total. The maximum Gasteiger partial charge on any atom is 0.213 e. The number of hydrogen-bond donors (Lipinski definition) is 2. The van der Waals surface area contributed by atoms with Crippen LogP contribution < -0.4 is 10.0 Å². The van der Waals surface area contributed by atoms with E-state index in [1.807, 2.05) is 0 Å². The number of aromatic nitrogens is 1. The average molecular weight is 370 g/mol. The number of fused-ring (bicyclic) bond motifs is 1. The molecule has 134 valence electrons. The van der Waals surface area contributed by atoms with E-state index in [2.05, 4.69) is 27.2 Å². The molecule has 2 aliphatic rings. The average Bonchev–Trinajstić information content (AvgIpc) is 2.96. The summed E-state index contributed by atoms with van der Waals surface area (Å²) in [4.78, 5) is 6.07. The number of aryl methyl sites for hydroxylation is 1. The molecule has 0 unspecified atom stereocenters. The number of sulfonamides is 1. The third-order valence-electron chi connectivity index (χ3n) is 4.91. The zero-order valence-corrected chi connectivity index (χ0v) is 16.0. The normalized spacial score (nSPS) is 24.1. The van der Waals surface area contributed by atoms with Crippen molar-refractivity contribution in [1.29, 1.82) is 0 Å². The van der Waals surface area contributed by atoms with E-state index in [1.165, 1.54) is 4.88 Å². The van der Waals surface area contributed by atoms with Gasteiger partial charge in [0.05, 0.1) is 10.9 Å². The summed E-state index contributed by atoms with van der Waals surface area (Å²) >= 11 is 1.78. The minimum Gasteiger partial charge on any atom is -0.359 e. The van der Waals surface area contributed by atoms with Crippen LogP contribution in [-0.4, -0.2) is 31.2 Å². The summed E-state index contributed by atoms with van der Waals surface area (Å²) in [6.07, 6.45) is 10.8. The molecule has 1 heterocycles. The molecule has 0 saturated heterocycles. The summed E-state index contributed by atoms with van der Waals surface area (Å²) < 4.78 is 26.4. The van der Waals surface area contributed by atoms with Crippen molar-refractivity contribution in [1.82, 2.24) is 9.71 Å². The fraction of sp³-hybridized carbons (Fsp3) is 0.706. The number of nitrogens with one attached hydrogen (secondary N) is 2. The van der Waals surface area contributed by atoms with Crippen molar-refractivity contribution in [3.8, 4) is 0 Å². The van der Waals surface area contributed by atoms with Crippen LogP contribution in [0.25, 0.3) is 6.08 Å². The van der Waals surface area contributed by atoms with Crippen molar-refractivity contribution in [2.45, 2.75) is 63.7 Å². The maximum atomic E-state index is 11.8. The first kappa shape index (κ1) is 17.9. The number of rotatable bonds is 6. The molecule has 1 aromatic heterocycles. The SMILES string of the molecule is CC(C)S(=O)(=O)NC[C@H]1CC[C@H](Nc2nc3c(s2)CCC=C3)CC1. The predicted octanol–water partition coefficient (Wildman–Crippen LogP) is 3.40. The van der Waals surface area contributed by atoms with E-state index in [0.29, 0.717) is 18.5 Å². The van der Waals surface area contributed by atoms with Gasteiger partial charge in [-0.3, -0.25) is 0 Å². The smallest absolute Gasteiger partial charge is 0.213 e. The Morgan fingerprint density at radius 2 is 2.04 bits per heavy atom. The second-order valence-electron chi connectivity index (χ2n) is 7.07. The van der Waals surface area contributed by atoms with Gasteiger partial charge >= 0.3 is 0 Å². The van der Waals surface area contributed by atoms with Gasteiger partial charge in [0, 0.05) is 17.5 Å². The molecule has 24 heavy (non-hydrogen) atoms. The Hall–Kier alpha value is -0.920. The van der Waals surface area contributed by atoms with Gasteiger partial charge in [-0.2, -0.15) is 0 Å². The molecule has 1 saturated carbocycles. The largest absolute Gasteiger partial charge is 0.359 e. The number of allylic oxidation sites excluding steroid dienone is 1. The van der Waals surface area contributed by atoms with Gasteiger partial charge in [-0.15, -0.1) is 11.3 Å². The first-order valence-corrected chi connectivity index (χ1v) is 11.2. The molecule has 0 bridgehead atoms. The molecular formula is C17H27N3O2S2. The van der Waals surface area contributed by atoms with Crippen LogP contribution in [0, 0.1) is 5.92 Å². The van der Waals surface area contributed by atoms with E-state index < -0.39 is 10.0 Å². The van der Waals surface area contributed by atoms with Crippen molar-refractivity contribution in [2.24, 2.45) is 5.92 Å². The summed E-state index contributed by atoms with van der Waals surface area (Å²) in [6.45, 7) is 4.00. The van der Waals surface area contributed by atoms with Gasteiger partial charge in [0.1, 0.15) is 0 Å². The molecule has 7 heteroatoms. The van der Waals surface area contributed by atoms with Gasteiger partial charge in [0.25, 0.3) is 0 Å². The quantitative estimate of drug-likeness (QED) is 0.806. The fourth-order valence-corrected chi connectivity index (χ4v) is 5.07. The molecular weight excluding hydrogens is 342 g/mol. The topological polar surface area (TPSA) is 71.1 Å². The van der Waals surface area contributed by atoms with Crippen molar-refractivity contribution in [2.75, 3.05) is 11.9 Å². The standard InChI is InChI=1S/C17H27N3O2S2/c1-12(2)24(21,22)18-11-13-7-9-14(10-8-13)19-17-20-15-5-3-4-6-16(15)23-17/h3,5,12-14,18H,4,6-11H2,1-2H3,(H,19,20)/t13-,14-. The number of hydrogen-bond acceptors (Lipinski definition) is 5. The van der Waals surface area contributed by atoms with Crippen LogP contribution in [0.1, 0.15) is 56.5 Å². The van der Waals surface area contributed by atoms with E-state index in [0.717, 1.165) is 49.4 Å². The number of nitrogens with zero attached hydrogens (tertiary/aromatic N) is 1. The van der Waals surface area contributed by atoms with Crippen LogP contribution in [0.2, 0.25) is 0 Å². The first-order valence-electron chi connectivity index (χ1n) is 8.85. The van der Waals surface area contributed by atoms with Crippen molar-refractivity contribution >= 4 is 32.6 Å². The Balaban J connectivity index is 1.45. The van der Waals surface area contributed by atoms with Crippen molar-refractivity contribution in [3.63, 3.8) is 0 Å². The number of thiazole rings is 1. The lowest BCUT2D eigenvalue weighted by Crippen LogP contribution is -2.37. The Kier molecular flexibility index (Phi) is 5.62. The third kappa shape index (κ3) is 4.37. The van der Waals surface area contributed by atoms with Crippen LogP contribution in [-0.2, 0) is 16.4 Å². The molecule has 1 fully saturated rings. The minimum atomic E-state index is -3.14. The summed E-state index contributed by atoms with van der Waals surface area (Å²) in [6, 6.07) is 0.458. The van der Waals surface area contributed by atoms with Gasteiger partial charge in [0.15, 0.2) is 5.13 Å². The number of anilines is 1. The predicted molar refractivity (Wildman–Crippen MR) is 101 cm³/mol. The molecule has 0 aliphatic heterocycles. The Labute approximate surface area is 149 Å². The van der Waals surface area contributed by atoms with Crippen LogP contribution >= 0.6 is 11.3 Å². The lowest BCUT2D eigenvalue weighted by atomic mass is 9.86. The maximum absolute atomic E-state index is 11.8. The molecule has 2 N–H and O–H groups in total. The van der Waals surface area contributed by atoms with Crippen molar-refractivity contribution < 1.29 is 8.42 Å². The van der Waals surface area contributed by atoms with Gasteiger partial charge in [0.2, 0.25) is 10.0 Å². The van der Waals surface area contributed by atoms with E-state index in [4.69, 9.17) is 0 Å². The Morgan fingerprint density at radius 1 is 1.29 bits per heavy atom. The van der Waals surface area contributed by atoms with Crippen LogP contribution in [0.4, 0.5) is 5.13 Å². The molecule has 3 rings (SSSR count). The molecule has 2 aliphatic carbocycles. The summed E-state index contributed by atoms with van der Waals surface area (Å²) in [5.74, 6) is 0.448.